The molecule has 0 atom stereocenters. The minimum absolute atomic E-state index is 1.05. The van der Waals surface area contributed by atoms with Crippen molar-refractivity contribution in [3.8, 4) is 78.4 Å². The predicted octanol–water partition coefficient (Wildman–Crippen LogP) is 29.3. The molecule has 0 aliphatic carbocycles. The van der Waals surface area contributed by atoms with Crippen molar-refractivity contribution in [3.05, 3.63) is 437 Å². The lowest BCUT2D eigenvalue weighted by molar-refractivity contribution is 1.17. The predicted molar refractivity (Wildman–Crippen MR) is 480 cm³/mol. The van der Waals surface area contributed by atoms with Crippen LogP contribution in [-0.4, -0.2) is 18.3 Å². The zero-order chi connectivity index (χ0) is 75.2. The largest absolute Gasteiger partial charge is 0.311 e. The highest BCUT2D eigenvalue weighted by molar-refractivity contribution is 6.15. The van der Waals surface area contributed by atoms with Crippen molar-refractivity contribution in [1.82, 2.24) is 18.3 Å². The van der Waals surface area contributed by atoms with Crippen LogP contribution in [0.4, 0.5) is 34.1 Å². The molecule has 0 bridgehead atoms. The molecule has 534 valence electrons. The first kappa shape index (κ1) is 65.8. The smallest absolute Gasteiger partial charge is 0.0561 e. The Morgan fingerprint density at radius 2 is 0.342 bits per heavy atom. The zero-order valence-corrected chi connectivity index (χ0v) is 62.3. The fraction of sp³-hybridized carbons (Fsp3) is 0. The van der Waals surface area contributed by atoms with Gasteiger partial charge < -0.3 is 28.1 Å². The lowest BCUT2D eigenvalue weighted by atomic mass is 10.00. The van der Waals surface area contributed by atoms with Crippen molar-refractivity contribution < 1.29 is 0 Å². The van der Waals surface area contributed by atoms with Crippen LogP contribution in [0.5, 0.6) is 0 Å². The Balaban J connectivity index is 0.597. The quantitative estimate of drug-likeness (QED) is 0.102. The summed E-state index contributed by atoms with van der Waals surface area (Å²) >= 11 is 0. The van der Waals surface area contributed by atoms with Gasteiger partial charge in [0.05, 0.1) is 44.1 Å². The number of fused-ring (bicyclic) bond motifs is 12. The first-order valence-corrected chi connectivity index (χ1v) is 39.1. The Bertz CT molecular complexity index is 7150. The molecule has 22 aromatic rings. The van der Waals surface area contributed by atoms with Crippen LogP contribution in [0.15, 0.2) is 437 Å². The lowest BCUT2D eigenvalue weighted by Gasteiger charge is -2.26. The molecular formula is C108H72N6. The molecule has 6 nitrogen and oxygen atoms in total. The Morgan fingerprint density at radius 1 is 0.123 bits per heavy atom. The Labute approximate surface area is 660 Å². The minimum atomic E-state index is 1.05. The maximum absolute atomic E-state index is 2.46. The number of para-hydroxylation sites is 6. The van der Waals surface area contributed by atoms with Gasteiger partial charge in [0.1, 0.15) is 0 Å². The van der Waals surface area contributed by atoms with E-state index in [-0.39, 0.29) is 0 Å². The van der Waals surface area contributed by atoms with Crippen LogP contribution in [0, 0.1) is 0 Å². The standard InChI is InChI=1S/C108H72N6/c1-6-22-73(23-7-1)75-38-51-86(52-39-75)109(87-53-40-76(41-54-87)74-24-8-2-9-25-74)88-55-42-77(43-56-88)78-44-59-90(60-45-78)111-103-37-21-18-34-95(103)100-68-80(50-67-104(100)111)82-49-64-97-96-63-48-81(69-105(96)114(106(97)70-82)85-30-14-5-15-31-85)79-46-57-89(58-47-79)110(91-61-65-98-93-32-16-19-35-101(93)112(107(98)71-91)83-26-10-3-11-27-83)92-62-66-99-94-33-17-20-36-102(94)113(108(99)72-92)84-28-12-4-13-29-84/h1-72H. The van der Waals surface area contributed by atoms with E-state index >= 15 is 0 Å². The molecule has 0 amide bonds. The molecule has 0 spiro atoms. The van der Waals surface area contributed by atoms with Gasteiger partial charge in [-0.2, -0.15) is 0 Å². The third-order valence-corrected chi connectivity index (χ3v) is 23.2. The molecule has 18 aromatic carbocycles. The SMILES string of the molecule is c1ccc(-c2ccc(N(c3ccc(-c4ccccc4)cc3)c3ccc(-c4ccc(-n5c6ccccc6c6cc(-c7ccc8c9ccc(-c%10ccc(N(c%11ccc%12c%13ccccc%13n(-c%13ccccc%13)c%12c%11)c%11ccc%12c%13ccccc%13n(-c%13ccccc%13)c%12c%11)cc%10)cc9n(-c9ccccc9)c8c7)ccc65)cc4)cc3)cc2)cc1. The Morgan fingerprint density at radius 3 is 0.737 bits per heavy atom. The Kier molecular flexibility index (Phi) is 15.8. The van der Waals surface area contributed by atoms with Crippen LogP contribution < -0.4 is 9.80 Å². The minimum Gasteiger partial charge on any atom is -0.311 e. The normalized spacial score (nSPS) is 11.7. The third kappa shape index (κ3) is 11.3. The van der Waals surface area contributed by atoms with Gasteiger partial charge in [0, 0.05) is 100.0 Å². The molecule has 6 heteroatoms. The first-order valence-electron chi connectivity index (χ1n) is 39.1. The van der Waals surface area contributed by atoms with E-state index in [2.05, 4.69) is 465 Å². The molecule has 22 rings (SSSR count). The van der Waals surface area contributed by atoms with Gasteiger partial charge in [-0.3, -0.25) is 0 Å². The number of benzene rings is 18. The van der Waals surface area contributed by atoms with Crippen molar-refractivity contribution in [2.75, 3.05) is 9.80 Å². The molecule has 0 radical (unpaired) electrons. The number of aromatic nitrogens is 4. The summed E-state index contributed by atoms with van der Waals surface area (Å²) in [5, 5.41) is 9.69. The fourth-order valence-electron chi connectivity index (χ4n) is 17.7. The van der Waals surface area contributed by atoms with Gasteiger partial charge in [-0.25, -0.2) is 0 Å². The van der Waals surface area contributed by atoms with Gasteiger partial charge in [-0.1, -0.05) is 273 Å². The topological polar surface area (TPSA) is 26.2 Å². The van der Waals surface area contributed by atoms with Gasteiger partial charge in [0.15, 0.2) is 0 Å². The van der Waals surface area contributed by atoms with E-state index in [4.69, 9.17) is 0 Å². The number of hydrogen-bond acceptors (Lipinski definition) is 2. The number of rotatable bonds is 15. The molecule has 0 fully saturated rings. The van der Waals surface area contributed by atoms with Gasteiger partial charge in [-0.15, -0.1) is 0 Å². The summed E-state index contributed by atoms with van der Waals surface area (Å²) in [5.41, 5.74) is 31.8. The van der Waals surface area contributed by atoms with Crippen molar-refractivity contribution in [2.45, 2.75) is 0 Å². The zero-order valence-electron chi connectivity index (χ0n) is 62.3. The van der Waals surface area contributed by atoms with E-state index in [1.54, 1.807) is 0 Å². The number of anilines is 6. The second-order valence-electron chi connectivity index (χ2n) is 29.6. The second kappa shape index (κ2) is 27.4. The maximum atomic E-state index is 2.46. The average Bonchev–Trinajstić information content (AvgIpc) is 1.60. The van der Waals surface area contributed by atoms with Crippen LogP contribution in [-0.2, 0) is 0 Å². The van der Waals surface area contributed by atoms with Crippen LogP contribution in [0.2, 0.25) is 0 Å². The molecule has 0 saturated carbocycles. The van der Waals surface area contributed by atoms with Crippen LogP contribution >= 0.6 is 0 Å². The molecule has 0 saturated heterocycles. The maximum Gasteiger partial charge on any atom is 0.0561 e. The summed E-state index contributed by atoms with van der Waals surface area (Å²) < 4.78 is 9.70. The highest BCUT2D eigenvalue weighted by atomic mass is 15.2. The summed E-state index contributed by atoms with van der Waals surface area (Å²) in [6, 6.07) is 160. The monoisotopic (exact) mass is 1450 g/mol. The van der Waals surface area contributed by atoms with Crippen molar-refractivity contribution in [2.24, 2.45) is 0 Å². The van der Waals surface area contributed by atoms with Crippen molar-refractivity contribution in [3.63, 3.8) is 0 Å². The molecule has 0 N–H and O–H groups in total. The molecular weight excluding hydrogens is 1380 g/mol. The summed E-state index contributed by atoms with van der Waals surface area (Å²) in [7, 11) is 0. The van der Waals surface area contributed by atoms with E-state index in [9.17, 15) is 0 Å². The van der Waals surface area contributed by atoms with Crippen LogP contribution in [0.25, 0.3) is 166 Å². The Hall–Kier alpha value is -15.2. The first-order chi connectivity index (χ1) is 56.5. The van der Waals surface area contributed by atoms with Crippen molar-refractivity contribution in [1.29, 1.82) is 0 Å². The van der Waals surface area contributed by atoms with E-state index in [0.717, 1.165) is 118 Å². The van der Waals surface area contributed by atoms with Crippen LogP contribution in [0.1, 0.15) is 0 Å². The number of hydrogen-bond donors (Lipinski definition) is 0. The van der Waals surface area contributed by atoms with E-state index < -0.39 is 0 Å². The van der Waals surface area contributed by atoms with Crippen LogP contribution in [0.3, 0.4) is 0 Å². The summed E-state index contributed by atoms with van der Waals surface area (Å²) in [6.45, 7) is 0. The van der Waals surface area contributed by atoms with Crippen molar-refractivity contribution >= 4 is 121 Å². The highest BCUT2D eigenvalue weighted by Gasteiger charge is 2.24. The highest BCUT2D eigenvalue weighted by Crippen LogP contribution is 2.46. The van der Waals surface area contributed by atoms with Gasteiger partial charge in [0.25, 0.3) is 0 Å². The molecule has 114 heavy (non-hydrogen) atoms. The molecule has 4 aromatic heterocycles. The third-order valence-electron chi connectivity index (χ3n) is 23.2. The lowest BCUT2D eigenvalue weighted by Crippen LogP contribution is -2.10. The molecule has 0 aliphatic heterocycles. The summed E-state index contributed by atoms with van der Waals surface area (Å²) in [6.07, 6.45) is 0. The van der Waals surface area contributed by atoms with Gasteiger partial charge >= 0.3 is 0 Å². The molecule has 4 heterocycles. The van der Waals surface area contributed by atoms with E-state index in [1.807, 2.05) is 0 Å². The fourth-order valence-corrected chi connectivity index (χ4v) is 17.7. The average molecular weight is 1450 g/mol. The second-order valence-corrected chi connectivity index (χ2v) is 29.6. The molecule has 0 aliphatic rings. The van der Waals surface area contributed by atoms with E-state index in [0.29, 0.717) is 0 Å². The van der Waals surface area contributed by atoms with E-state index in [1.165, 1.54) is 81.9 Å². The number of nitrogens with zero attached hydrogens (tertiary/aromatic N) is 6. The van der Waals surface area contributed by atoms with Gasteiger partial charge in [-0.05, 0) is 219 Å². The summed E-state index contributed by atoms with van der Waals surface area (Å²) in [4.78, 5) is 4.78. The van der Waals surface area contributed by atoms with Gasteiger partial charge in [0.2, 0.25) is 0 Å². The molecule has 0 unspecified atom stereocenters. The summed E-state index contributed by atoms with van der Waals surface area (Å²) in [5.74, 6) is 0.